The number of carboxylic acids is 2. The molecule has 2 aliphatic heterocycles. The third kappa shape index (κ3) is 2.03. The van der Waals surface area contributed by atoms with Crippen LogP contribution in [0.5, 0.6) is 11.5 Å². The number of hydrogen-bond donors (Lipinski definition) is 2. The van der Waals surface area contributed by atoms with E-state index in [-0.39, 0.29) is 27.1 Å². The smallest absolute Gasteiger partial charge is 0.337 e. The Kier molecular flexibility index (Phi) is 3.16. The molecule has 0 saturated heterocycles. The van der Waals surface area contributed by atoms with Crippen LogP contribution in [0.1, 0.15) is 37.8 Å². The van der Waals surface area contributed by atoms with Gasteiger partial charge in [0.25, 0.3) is 6.29 Å². The largest absolute Gasteiger partial charge is 0.478 e. The number of aromatic carboxylic acids is 2. The summed E-state index contributed by atoms with van der Waals surface area (Å²) in [6, 6.07) is 5.77. The Morgan fingerprint density at radius 3 is 1.62 bits per heavy atom. The summed E-state index contributed by atoms with van der Waals surface area (Å²) in [6.45, 7) is 0. The highest BCUT2D eigenvalue weighted by Gasteiger charge is 2.45. The van der Waals surface area contributed by atoms with Crippen LogP contribution in [0.25, 0.3) is 0 Å². The maximum Gasteiger partial charge on any atom is 0.337 e. The van der Waals surface area contributed by atoms with E-state index in [1.165, 1.54) is 24.3 Å². The van der Waals surface area contributed by atoms with Crippen molar-refractivity contribution < 1.29 is 29.3 Å². The Morgan fingerprint density at radius 2 is 1.25 bits per heavy atom. The molecule has 0 radical (unpaired) electrons. The van der Waals surface area contributed by atoms with Gasteiger partial charge in [-0.25, -0.2) is 9.59 Å². The van der Waals surface area contributed by atoms with Crippen molar-refractivity contribution in [3.63, 3.8) is 0 Å². The van der Waals surface area contributed by atoms with E-state index < -0.39 is 18.2 Å². The topological polar surface area (TPSA) is 93.1 Å². The van der Waals surface area contributed by atoms with Crippen LogP contribution in [-0.2, 0) is 0 Å². The summed E-state index contributed by atoms with van der Waals surface area (Å²) in [6.07, 6.45) is -0.713. The number of carbonyl (C=O) groups is 2. The van der Waals surface area contributed by atoms with Crippen LogP contribution >= 0.6 is 23.2 Å². The van der Waals surface area contributed by atoms with Crippen LogP contribution in [0.3, 0.4) is 0 Å². The van der Waals surface area contributed by atoms with Gasteiger partial charge in [-0.1, -0.05) is 23.2 Å². The highest BCUT2D eigenvalue weighted by atomic mass is 35.5. The van der Waals surface area contributed by atoms with E-state index in [4.69, 9.17) is 42.9 Å². The van der Waals surface area contributed by atoms with Gasteiger partial charge >= 0.3 is 11.9 Å². The van der Waals surface area contributed by atoms with Crippen molar-refractivity contribution in [2.45, 2.75) is 12.2 Å². The predicted octanol–water partition coefficient (Wildman–Crippen LogP) is 3.63. The fraction of sp³-hybridized carbons (Fsp3) is 0.125. The van der Waals surface area contributed by atoms with Gasteiger partial charge in [-0.15, -0.1) is 0 Å². The minimum atomic E-state index is -1.15. The van der Waals surface area contributed by atoms with Crippen molar-refractivity contribution in [2.24, 2.45) is 0 Å². The molecule has 0 atom stereocenters. The zero-order valence-electron chi connectivity index (χ0n) is 11.7. The molecule has 2 N–H and O–H groups in total. The number of rotatable bonds is 2. The monoisotopic (exact) mass is 366 g/mol. The van der Waals surface area contributed by atoms with Crippen molar-refractivity contribution in [2.75, 3.05) is 0 Å². The van der Waals surface area contributed by atoms with Gasteiger partial charge in [0.15, 0.2) is 0 Å². The van der Waals surface area contributed by atoms with Crippen molar-refractivity contribution in [3.05, 3.63) is 56.6 Å². The quantitative estimate of drug-likeness (QED) is 0.842. The van der Waals surface area contributed by atoms with Crippen LogP contribution in [0, 0.1) is 0 Å². The molecule has 0 aliphatic carbocycles. The fourth-order valence-electron chi connectivity index (χ4n) is 3.03. The van der Waals surface area contributed by atoms with Crippen molar-refractivity contribution >= 4 is 35.1 Å². The minimum absolute atomic E-state index is 0.0603. The van der Waals surface area contributed by atoms with E-state index in [2.05, 4.69) is 0 Å². The molecule has 2 aromatic rings. The van der Waals surface area contributed by atoms with Gasteiger partial charge in [-0.2, -0.15) is 0 Å². The second-order valence-corrected chi connectivity index (χ2v) is 6.25. The van der Waals surface area contributed by atoms with Gasteiger partial charge in [-0.3, -0.25) is 0 Å². The van der Waals surface area contributed by atoms with Gasteiger partial charge < -0.3 is 19.7 Å². The average Bonchev–Trinajstić information content (AvgIpc) is 3.00. The van der Waals surface area contributed by atoms with E-state index >= 15 is 0 Å². The molecule has 0 fully saturated rings. The van der Waals surface area contributed by atoms with Gasteiger partial charge in [-0.05, 0) is 24.3 Å². The molecule has 0 bridgehead atoms. The molecule has 122 valence electrons. The normalized spacial score (nSPS) is 19.8. The highest BCUT2D eigenvalue weighted by Crippen LogP contribution is 2.52. The first kappa shape index (κ1) is 15.1. The van der Waals surface area contributed by atoms with Crippen LogP contribution in [0.4, 0.5) is 0 Å². The molecular formula is C16H8Cl2O6. The summed E-state index contributed by atoms with van der Waals surface area (Å²) in [5.41, 5.74) is 1.23. The van der Waals surface area contributed by atoms with Gasteiger partial charge in [0.2, 0.25) is 0 Å². The van der Waals surface area contributed by atoms with E-state index in [1.54, 1.807) is 0 Å². The molecular weight excluding hydrogens is 359 g/mol. The van der Waals surface area contributed by atoms with E-state index in [0.29, 0.717) is 22.6 Å². The summed E-state index contributed by atoms with van der Waals surface area (Å²) >= 11 is 12.1. The number of ether oxygens (including phenoxy) is 2. The van der Waals surface area contributed by atoms with Gasteiger partial charge in [0, 0.05) is 11.1 Å². The zero-order chi connectivity index (χ0) is 17.2. The second kappa shape index (κ2) is 5.03. The SMILES string of the molecule is O=C(O)c1cc2c(cc1Cl)C1c3cc(Cl)c(C(=O)O)cc3OC1O2. The molecule has 2 aromatic carbocycles. The minimum Gasteiger partial charge on any atom is -0.478 e. The summed E-state index contributed by atoms with van der Waals surface area (Å²) < 4.78 is 11.3. The van der Waals surface area contributed by atoms with Crippen LogP contribution in [0.2, 0.25) is 10.0 Å². The van der Waals surface area contributed by atoms with Crippen molar-refractivity contribution in [3.8, 4) is 11.5 Å². The first-order valence-corrected chi connectivity index (χ1v) is 7.59. The third-order valence-electron chi connectivity index (χ3n) is 4.09. The lowest BCUT2D eigenvalue weighted by molar-refractivity contribution is 0.0326. The number of carboxylic acid groups (broad SMARTS) is 2. The van der Waals surface area contributed by atoms with Crippen LogP contribution < -0.4 is 9.47 Å². The second-order valence-electron chi connectivity index (χ2n) is 5.43. The summed E-state index contributed by atoms with van der Waals surface area (Å²) in [5.74, 6) is -1.92. The predicted molar refractivity (Wildman–Crippen MR) is 83.7 cm³/mol. The molecule has 24 heavy (non-hydrogen) atoms. The molecule has 0 spiro atoms. The molecule has 0 saturated carbocycles. The number of benzene rings is 2. The Morgan fingerprint density at radius 1 is 0.833 bits per heavy atom. The summed E-state index contributed by atoms with van der Waals surface area (Å²) in [5, 5.41) is 18.4. The lowest BCUT2D eigenvalue weighted by Crippen LogP contribution is -2.19. The van der Waals surface area contributed by atoms with Crippen LogP contribution in [-0.4, -0.2) is 28.4 Å². The summed E-state index contributed by atoms with van der Waals surface area (Å²) in [7, 11) is 0. The third-order valence-corrected chi connectivity index (χ3v) is 4.71. The molecule has 6 nitrogen and oxygen atoms in total. The lowest BCUT2D eigenvalue weighted by Gasteiger charge is -2.09. The average molecular weight is 367 g/mol. The van der Waals surface area contributed by atoms with Crippen molar-refractivity contribution in [1.82, 2.24) is 0 Å². The van der Waals surface area contributed by atoms with E-state index in [0.717, 1.165) is 0 Å². The van der Waals surface area contributed by atoms with E-state index in [1.807, 2.05) is 0 Å². The first-order chi connectivity index (χ1) is 11.4. The standard InChI is InChI=1S/C16H8Cl2O6/c17-9-1-7-11(3-5(9)14(19)20)23-16-13(7)8-2-10(18)6(15(21)22)4-12(8)24-16/h1-4,13,16H,(H,19,20)(H,21,22). The molecule has 0 amide bonds. The molecule has 2 aliphatic rings. The lowest BCUT2D eigenvalue weighted by atomic mass is 9.92. The molecule has 4 rings (SSSR count). The number of halogens is 2. The Labute approximate surface area is 145 Å². The Balaban J connectivity index is 1.85. The number of fused-ring (bicyclic) bond motifs is 5. The zero-order valence-corrected chi connectivity index (χ0v) is 13.3. The van der Waals surface area contributed by atoms with Gasteiger partial charge in [0.1, 0.15) is 11.5 Å². The molecule has 8 heteroatoms. The number of hydrogen-bond acceptors (Lipinski definition) is 4. The maximum absolute atomic E-state index is 11.2. The maximum atomic E-state index is 11.2. The fourth-order valence-corrected chi connectivity index (χ4v) is 3.53. The Bertz CT molecular complexity index is 850. The molecule has 0 aromatic heterocycles. The first-order valence-electron chi connectivity index (χ1n) is 6.83. The molecule has 0 unspecified atom stereocenters. The Hall–Kier alpha value is -2.44. The highest BCUT2D eigenvalue weighted by molar-refractivity contribution is 6.34. The molecule has 2 heterocycles. The van der Waals surface area contributed by atoms with Crippen molar-refractivity contribution in [1.29, 1.82) is 0 Å². The van der Waals surface area contributed by atoms with E-state index in [9.17, 15) is 9.59 Å². The van der Waals surface area contributed by atoms with Crippen LogP contribution in [0.15, 0.2) is 24.3 Å². The summed E-state index contributed by atoms with van der Waals surface area (Å²) in [4.78, 5) is 22.3. The van der Waals surface area contributed by atoms with Gasteiger partial charge in [0.05, 0.1) is 27.1 Å².